The molecule has 6 nitrogen and oxygen atoms in total. The smallest absolute Gasteiger partial charge is 0.182 e. The van der Waals surface area contributed by atoms with Gasteiger partial charge in [0.05, 0.1) is 17.8 Å². The van der Waals surface area contributed by atoms with Crippen LogP contribution in [0.25, 0.3) is 17.2 Å². The van der Waals surface area contributed by atoms with Crippen LogP contribution in [0, 0.1) is 6.92 Å². The minimum Gasteiger partial charge on any atom is -0.497 e. The van der Waals surface area contributed by atoms with Crippen LogP contribution < -0.4 is 4.74 Å². The monoisotopic (exact) mass is 316 g/mol. The van der Waals surface area contributed by atoms with Gasteiger partial charge >= 0.3 is 0 Å². The molecule has 3 aromatic rings. The summed E-state index contributed by atoms with van der Waals surface area (Å²) < 4.78 is 12.1. The molecule has 1 aromatic carbocycles. The van der Waals surface area contributed by atoms with Crippen LogP contribution >= 0.6 is 11.3 Å². The lowest BCUT2D eigenvalue weighted by Crippen LogP contribution is -2.00. The highest BCUT2D eigenvalue weighted by molar-refractivity contribution is 7.09. The molecule has 0 atom stereocenters. The van der Waals surface area contributed by atoms with Gasteiger partial charge in [-0.25, -0.2) is 14.6 Å². The highest BCUT2D eigenvalue weighted by Crippen LogP contribution is 2.24. The second kappa shape index (κ2) is 6.25. The third-order valence-electron chi connectivity index (χ3n) is 3.09. The van der Waals surface area contributed by atoms with Crippen molar-refractivity contribution in [3.8, 4) is 23.0 Å². The lowest BCUT2D eigenvalue weighted by Gasteiger charge is -2.05. The summed E-state index contributed by atoms with van der Waals surface area (Å²) in [5.41, 5.74) is 1.71. The number of thiazole rings is 1. The van der Waals surface area contributed by atoms with E-state index >= 15 is 0 Å². The van der Waals surface area contributed by atoms with E-state index < -0.39 is 0 Å². The Morgan fingerprint density at radius 2 is 1.91 bits per heavy atom. The van der Waals surface area contributed by atoms with Gasteiger partial charge in [-0.3, -0.25) is 0 Å². The highest BCUT2D eigenvalue weighted by Gasteiger charge is 2.16. The second-order valence-corrected chi connectivity index (χ2v) is 5.71. The number of rotatable bonds is 5. The zero-order chi connectivity index (χ0) is 15.5. The molecular formula is C15H16N4O2S. The van der Waals surface area contributed by atoms with Crippen LogP contribution in [0.5, 0.6) is 5.75 Å². The molecule has 0 saturated carbocycles. The van der Waals surface area contributed by atoms with Gasteiger partial charge in [-0.2, -0.15) is 0 Å². The fourth-order valence-corrected chi connectivity index (χ4v) is 2.67. The number of aromatic nitrogens is 4. The standard InChI is InChI=1S/C15H16N4O2S/c1-10-16-13(9-22-10)15-17-14(8-20-2)18-19(15)11-4-6-12(21-3)7-5-11/h4-7,9H,8H2,1-3H3. The first kappa shape index (κ1) is 14.7. The fourth-order valence-electron chi connectivity index (χ4n) is 2.08. The van der Waals surface area contributed by atoms with E-state index in [1.165, 1.54) is 0 Å². The Kier molecular flexibility index (Phi) is 4.17. The van der Waals surface area contributed by atoms with Gasteiger partial charge < -0.3 is 9.47 Å². The van der Waals surface area contributed by atoms with Crippen molar-refractivity contribution in [2.45, 2.75) is 13.5 Å². The fraction of sp³-hybridized carbons (Fsp3) is 0.267. The van der Waals surface area contributed by atoms with Crippen LogP contribution in [0.1, 0.15) is 10.8 Å². The summed E-state index contributed by atoms with van der Waals surface area (Å²) in [5, 5.41) is 7.49. The Labute approximate surface area is 132 Å². The maximum Gasteiger partial charge on any atom is 0.182 e. The van der Waals surface area contributed by atoms with Gasteiger partial charge in [0, 0.05) is 12.5 Å². The minimum atomic E-state index is 0.360. The molecule has 0 aliphatic carbocycles. The Bertz CT molecular complexity index is 764. The lowest BCUT2D eigenvalue weighted by molar-refractivity contribution is 0.178. The third kappa shape index (κ3) is 2.86. The first-order valence-electron chi connectivity index (χ1n) is 6.73. The molecule has 0 N–H and O–H groups in total. The SMILES string of the molecule is COCc1nc(-c2csc(C)n2)n(-c2ccc(OC)cc2)n1. The molecule has 114 valence electrons. The topological polar surface area (TPSA) is 62.1 Å². The second-order valence-electron chi connectivity index (χ2n) is 4.65. The molecule has 0 unspecified atom stereocenters. The number of hydrogen-bond acceptors (Lipinski definition) is 6. The van der Waals surface area contributed by atoms with Crippen molar-refractivity contribution in [2.24, 2.45) is 0 Å². The Balaban J connectivity index is 2.07. The van der Waals surface area contributed by atoms with E-state index in [1.54, 1.807) is 30.2 Å². The molecule has 3 rings (SSSR count). The normalized spacial score (nSPS) is 10.9. The summed E-state index contributed by atoms with van der Waals surface area (Å²) in [6.45, 7) is 2.33. The number of nitrogens with zero attached hydrogens (tertiary/aromatic N) is 4. The average Bonchev–Trinajstić information content (AvgIpc) is 3.14. The van der Waals surface area contributed by atoms with Gasteiger partial charge in [0.1, 0.15) is 18.1 Å². The van der Waals surface area contributed by atoms with E-state index in [2.05, 4.69) is 15.1 Å². The molecule has 0 spiro atoms. The predicted molar refractivity (Wildman–Crippen MR) is 84.5 cm³/mol. The van der Waals surface area contributed by atoms with E-state index in [0.717, 1.165) is 22.1 Å². The zero-order valence-corrected chi connectivity index (χ0v) is 13.4. The van der Waals surface area contributed by atoms with Crippen molar-refractivity contribution in [2.75, 3.05) is 14.2 Å². The zero-order valence-electron chi connectivity index (χ0n) is 12.6. The number of ether oxygens (including phenoxy) is 2. The summed E-state index contributed by atoms with van der Waals surface area (Å²) in [5.74, 6) is 2.13. The molecule has 0 radical (unpaired) electrons. The van der Waals surface area contributed by atoms with Crippen LogP contribution in [0.2, 0.25) is 0 Å². The molecule has 0 bridgehead atoms. The van der Waals surface area contributed by atoms with Gasteiger partial charge in [-0.05, 0) is 31.2 Å². The van der Waals surface area contributed by atoms with E-state index in [9.17, 15) is 0 Å². The predicted octanol–water partition coefficient (Wildman–Crippen LogP) is 2.85. The molecular weight excluding hydrogens is 300 g/mol. The molecule has 0 aliphatic rings. The van der Waals surface area contributed by atoms with Gasteiger partial charge in [0.2, 0.25) is 0 Å². The summed E-state index contributed by atoms with van der Waals surface area (Å²) in [6.07, 6.45) is 0. The lowest BCUT2D eigenvalue weighted by atomic mass is 10.3. The molecule has 0 saturated heterocycles. The van der Waals surface area contributed by atoms with Crippen LogP contribution in [0.3, 0.4) is 0 Å². The van der Waals surface area contributed by atoms with E-state index in [1.807, 2.05) is 36.6 Å². The summed E-state index contributed by atoms with van der Waals surface area (Å²) in [4.78, 5) is 9.05. The number of hydrogen-bond donors (Lipinski definition) is 0. The Morgan fingerprint density at radius 1 is 1.14 bits per heavy atom. The number of methoxy groups -OCH3 is 2. The van der Waals surface area contributed by atoms with Crippen molar-refractivity contribution in [3.05, 3.63) is 40.5 Å². The molecule has 0 amide bonds. The van der Waals surface area contributed by atoms with Crippen LogP contribution in [0.15, 0.2) is 29.6 Å². The summed E-state index contributed by atoms with van der Waals surface area (Å²) >= 11 is 1.59. The first-order valence-corrected chi connectivity index (χ1v) is 7.61. The third-order valence-corrected chi connectivity index (χ3v) is 3.86. The molecule has 2 heterocycles. The molecule has 0 aliphatic heterocycles. The Morgan fingerprint density at radius 3 is 2.50 bits per heavy atom. The molecule has 2 aromatic heterocycles. The van der Waals surface area contributed by atoms with E-state index in [-0.39, 0.29) is 0 Å². The molecule has 7 heteroatoms. The van der Waals surface area contributed by atoms with Gasteiger partial charge in [-0.1, -0.05) is 0 Å². The van der Waals surface area contributed by atoms with Crippen molar-refractivity contribution in [1.29, 1.82) is 0 Å². The van der Waals surface area contributed by atoms with Gasteiger partial charge in [-0.15, -0.1) is 16.4 Å². The average molecular weight is 316 g/mol. The largest absolute Gasteiger partial charge is 0.497 e. The summed E-state index contributed by atoms with van der Waals surface area (Å²) in [6, 6.07) is 7.66. The number of benzene rings is 1. The quantitative estimate of drug-likeness (QED) is 0.724. The van der Waals surface area contributed by atoms with Gasteiger partial charge in [0.15, 0.2) is 11.6 Å². The Hall–Kier alpha value is -2.25. The van der Waals surface area contributed by atoms with Crippen molar-refractivity contribution < 1.29 is 9.47 Å². The number of aryl methyl sites for hydroxylation is 1. The summed E-state index contributed by atoms with van der Waals surface area (Å²) in [7, 11) is 3.27. The molecule has 22 heavy (non-hydrogen) atoms. The van der Waals surface area contributed by atoms with E-state index in [4.69, 9.17) is 9.47 Å². The highest BCUT2D eigenvalue weighted by atomic mass is 32.1. The van der Waals surface area contributed by atoms with Crippen LogP contribution in [0.4, 0.5) is 0 Å². The van der Waals surface area contributed by atoms with Crippen molar-refractivity contribution in [1.82, 2.24) is 19.7 Å². The van der Waals surface area contributed by atoms with E-state index in [0.29, 0.717) is 18.3 Å². The maximum absolute atomic E-state index is 5.19. The molecule has 0 fully saturated rings. The first-order chi connectivity index (χ1) is 10.7. The van der Waals surface area contributed by atoms with Gasteiger partial charge in [0.25, 0.3) is 0 Å². The minimum absolute atomic E-state index is 0.360. The van der Waals surface area contributed by atoms with Crippen molar-refractivity contribution >= 4 is 11.3 Å². The van der Waals surface area contributed by atoms with Crippen LogP contribution in [-0.2, 0) is 11.3 Å². The van der Waals surface area contributed by atoms with Crippen LogP contribution in [-0.4, -0.2) is 34.0 Å². The maximum atomic E-state index is 5.19. The van der Waals surface area contributed by atoms with Crippen molar-refractivity contribution in [3.63, 3.8) is 0 Å².